The lowest BCUT2D eigenvalue weighted by molar-refractivity contribution is -0.153. The van der Waals surface area contributed by atoms with E-state index in [2.05, 4.69) is 10.6 Å². The molecule has 0 saturated carbocycles. The molecule has 7 heteroatoms. The van der Waals surface area contributed by atoms with Crippen molar-refractivity contribution in [1.29, 1.82) is 0 Å². The van der Waals surface area contributed by atoms with E-state index in [4.69, 9.17) is 9.47 Å². The Hall–Kier alpha value is -2.57. The Morgan fingerprint density at radius 2 is 1.62 bits per heavy atom. The van der Waals surface area contributed by atoms with E-state index in [1.54, 1.807) is 38.1 Å². The third-order valence-electron chi connectivity index (χ3n) is 3.40. The molecule has 0 aromatic heterocycles. The minimum absolute atomic E-state index is 0.193. The van der Waals surface area contributed by atoms with E-state index in [1.807, 2.05) is 19.9 Å². The van der Waals surface area contributed by atoms with Gasteiger partial charge in [-0.3, -0.25) is 9.59 Å². The topological polar surface area (TPSA) is 93.7 Å². The Morgan fingerprint density at radius 1 is 0.962 bits per heavy atom. The summed E-state index contributed by atoms with van der Waals surface area (Å²) in [4.78, 5) is 35.8. The Balaban J connectivity index is 2.44. The molecule has 2 amide bonds. The van der Waals surface area contributed by atoms with Gasteiger partial charge in [0.2, 0.25) is 0 Å². The van der Waals surface area contributed by atoms with Crippen molar-refractivity contribution in [3.63, 3.8) is 0 Å². The maximum absolute atomic E-state index is 12.2. The van der Waals surface area contributed by atoms with Crippen molar-refractivity contribution < 1.29 is 23.9 Å². The van der Waals surface area contributed by atoms with E-state index < -0.39 is 17.9 Å². The highest BCUT2D eigenvalue weighted by Gasteiger charge is 2.26. The summed E-state index contributed by atoms with van der Waals surface area (Å²) >= 11 is 0. The third-order valence-corrected chi connectivity index (χ3v) is 3.40. The van der Waals surface area contributed by atoms with Gasteiger partial charge in [0.05, 0.1) is 0 Å². The molecule has 2 N–H and O–H groups in total. The second-order valence-corrected chi connectivity index (χ2v) is 6.70. The van der Waals surface area contributed by atoms with Crippen LogP contribution in [0.15, 0.2) is 30.3 Å². The zero-order valence-corrected chi connectivity index (χ0v) is 15.8. The summed E-state index contributed by atoms with van der Waals surface area (Å²) in [5.41, 5.74) is 0. The van der Waals surface area contributed by atoms with Crippen LogP contribution in [0, 0.1) is 11.8 Å². The van der Waals surface area contributed by atoms with Crippen molar-refractivity contribution in [3.8, 4) is 5.75 Å². The molecule has 1 atom stereocenters. The Labute approximate surface area is 154 Å². The largest absolute Gasteiger partial charge is 0.484 e. The normalized spacial score (nSPS) is 11.8. The van der Waals surface area contributed by atoms with Crippen molar-refractivity contribution >= 4 is 17.8 Å². The van der Waals surface area contributed by atoms with E-state index >= 15 is 0 Å². The smallest absolute Gasteiger partial charge is 0.329 e. The van der Waals surface area contributed by atoms with Crippen molar-refractivity contribution in [2.24, 2.45) is 11.8 Å². The fourth-order valence-electron chi connectivity index (χ4n) is 1.97. The average molecular weight is 364 g/mol. The number of benzene rings is 1. The van der Waals surface area contributed by atoms with Crippen LogP contribution in [-0.4, -0.2) is 43.6 Å². The van der Waals surface area contributed by atoms with Gasteiger partial charge in [0.15, 0.2) is 13.2 Å². The molecule has 0 fully saturated rings. The predicted molar refractivity (Wildman–Crippen MR) is 97.5 cm³/mol. The number of amides is 2. The number of rotatable bonds is 10. The highest BCUT2D eigenvalue weighted by atomic mass is 16.5. The lowest BCUT2D eigenvalue weighted by atomic mass is 10.0. The highest BCUT2D eigenvalue weighted by Crippen LogP contribution is 2.08. The summed E-state index contributed by atoms with van der Waals surface area (Å²) < 4.78 is 10.4. The molecule has 7 nitrogen and oxygen atoms in total. The SMILES string of the molecule is CC(C)CNC(=O)COC(=O)[C@@H](NC(=O)COc1ccccc1)C(C)C. The van der Waals surface area contributed by atoms with Gasteiger partial charge in [-0.25, -0.2) is 4.79 Å². The first-order chi connectivity index (χ1) is 12.3. The van der Waals surface area contributed by atoms with Crippen LogP contribution >= 0.6 is 0 Å². The molecule has 0 unspecified atom stereocenters. The van der Waals surface area contributed by atoms with Crippen LogP contribution in [0.25, 0.3) is 0 Å². The molecule has 26 heavy (non-hydrogen) atoms. The number of nitrogens with one attached hydrogen (secondary N) is 2. The number of carbonyl (C=O) groups is 3. The van der Waals surface area contributed by atoms with E-state index in [1.165, 1.54) is 0 Å². The first-order valence-corrected chi connectivity index (χ1v) is 8.70. The Kier molecular flexibility index (Phi) is 9.19. The maximum Gasteiger partial charge on any atom is 0.329 e. The summed E-state index contributed by atoms with van der Waals surface area (Å²) in [6.45, 7) is 7.42. The van der Waals surface area contributed by atoms with E-state index in [0.717, 1.165) is 0 Å². The van der Waals surface area contributed by atoms with Crippen LogP contribution in [0.5, 0.6) is 5.75 Å². The first kappa shape index (κ1) is 21.5. The molecule has 1 aromatic carbocycles. The molecule has 0 aliphatic carbocycles. The van der Waals surface area contributed by atoms with Crippen LogP contribution in [0.1, 0.15) is 27.7 Å². The van der Waals surface area contributed by atoms with Crippen molar-refractivity contribution in [2.45, 2.75) is 33.7 Å². The molecule has 0 aliphatic heterocycles. The van der Waals surface area contributed by atoms with Crippen LogP contribution in [0.4, 0.5) is 0 Å². The molecule has 1 rings (SSSR count). The van der Waals surface area contributed by atoms with Crippen LogP contribution in [0.3, 0.4) is 0 Å². The van der Waals surface area contributed by atoms with Crippen molar-refractivity contribution in [1.82, 2.24) is 10.6 Å². The minimum Gasteiger partial charge on any atom is -0.484 e. The number of ether oxygens (including phenoxy) is 2. The molecule has 1 aromatic rings. The fraction of sp³-hybridized carbons (Fsp3) is 0.526. The number of esters is 1. The van der Waals surface area contributed by atoms with Crippen molar-refractivity contribution in [3.05, 3.63) is 30.3 Å². The summed E-state index contributed by atoms with van der Waals surface area (Å²) in [7, 11) is 0. The molecule has 0 saturated heterocycles. The van der Waals surface area contributed by atoms with Gasteiger partial charge in [-0.2, -0.15) is 0 Å². The van der Waals surface area contributed by atoms with Crippen LogP contribution in [-0.2, 0) is 19.1 Å². The van der Waals surface area contributed by atoms with E-state index in [-0.39, 0.29) is 25.0 Å². The van der Waals surface area contributed by atoms with Gasteiger partial charge in [-0.05, 0) is 24.0 Å². The summed E-state index contributed by atoms with van der Waals surface area (Å²) in [5, 5.41) is 5.25. The number of hydrogen-bond donors (Lipinski definition) is 2. The second kappa shape index (κ2) is 11.1. The van der Waals surface area contributed by atoms with Gasteiger partial charge in [-0.15, -0.1) is 0 Å². The molecular weight excluding hydrogens is 336 g/mol. The van der Waals surface area contributed by atoms with Gasteiger partial charge in [-0.1, -0.05) is 45.9 Å². The zero-order valence-electron chi connectivity index (χ0n) is 15.8. The van der Waals surface area contributed by atoms with Gasteiger partial charge in [0.1, 0.15) is 11.8 Å². The first-order valence-electron chi connectivity index (χ1n) is 8.70. The standard InChI is InChI=1S/C19H28N2O5/c1-13(2)10-20-16(22)11-26-19(24)18(14(3)4)21-17(23)12-25-15-8-6-5-7-9-15/h5-9,13-14,18H,10-12H2,1-4H3,(H,20,22)(H,21,23)/t18-/m0/s1. The summed E-state index contributed by atoms with van der Waals surface area (Å²) in [6.07, 6.45) is 0. The maximum atomic E-state index is 12.2. The lowest BCUT2D eigenvalue weighted by Crippen LogP contribution is -2.47. The Bertz CT molecular complexity index is 587. The fourth-order valence-corrected chi connectivity index (χ4v) is 1.97. The monoisotopic (exact) mass is 364 g/mol. The number of para-hydroxylation sites is 1. The zero-order chi connectivity index (χ0) is 19.5. The summed E-state index contributed by atoms with van der Waals surface area (Å²) in [6, 6.07) is 8.06. The van der Waals surface area contributed by atoms with E-state index in [9.17, 15) is 14.4 Å². The second-order valence-electron chi connectivity index (χ2n) is 6.70. The van der Waals surface area contributed by atoms with Crippen LogP contribution in [0.2, 0.25) is 0 Å². The lowest BCUT2D eigenvalue weighted by Gasteiger charge is -2.21. The van der Waals surface area contributed by atoms with Gasteiger partial charge in [0.25, 0.3) is 11.8 Å². The summed E-state index contributed by atoms with van der Waals surface area (Å²) in [5.74, 6) is -0.771. The number of hydrogen-bond acceptors (Lipinski definition) is 5. The third kappa shape index (κ3) is 8.50. The van der Waals surface area contributed by atoms with Crippen LogP contribution < -0.4 is 15.4 Å². The van der Waals surface area contributed by atoms with E-state index in [0.29, 0.717) is 18.2 Å². The molecule has 0 radical (unpaired) electrons. The average Bonchev–Trinajstić information content (AvgIpc) is 2.61. The molecule has 0 heterocycles. The predicted octanol–water partition coefficient (Wildman–Crippen LogP) is 1.52. The number of carbonyl (C=O) groups excluding carboxylic acids is 3. The minimum atomic E-state index is -0.847. The Morgan fingerprint density at radius 3 is 2.19 bits per heavy atom. The van der Waals surface area contributed by atoms with Crippen molar-refractivity contribution in [2.75, 3.05) is 19.8 Å². The molecular formula is C19H28N2O5. The van der Waals surface area contributed by atoms with Gasteiger partial charge < -0.3 is 20.1 Å². The molecule has 0 aliphatic rings. The molecule has 144 valence electrons. The quantitative estimate of drug-likeness (QED) is 0.614. The molecule has 0 spiro atoms. The highest BCUT2D eigenvalue weighted by molar-refractivity contribution is 5.87. The van der Waals surface area contributed by atoms with Gasteiger partial charge >= 0.3 is 5.97 Å². The van der Waals surface area contributed by atoms with Gasteiger partial charge in [0, 0.05) is 6.54 Å². The molecule has 0 bridgehead atoms.